The molecule has 0 radical (unpaired) electrons. The molecule has 5 heteroatoms. The van der Waals surface area contributed by atoms with E-state index in [1.165, 1.54) is 6.92 Å². The lowest BCUT2D eigenvalue weighted by molar-refractivity contribution is -0.112. The Bertz CT molecular complexity index is 287. The van der Waals surface area contributed by atoms with Gasteiger partial charge in [0.2, 0.25) is 5.52 Å². The Morgan fingerprint density at radius 1 is 0.941 bits per heavy atom. The molecule has 0 amide bonds. The van der Waals surface area contributed by atoms with Gasteiger partial charge in [-0.1, -0.05) is 41.5 Å². The highest BCUT2D eigenvalue weighted by Gasteiger charge is 2.34. The largest absolute Gasteiger partial charge is 0.396 e. The second-order valence-corrected chi connectivity index (χ2v) is 8.83. The Kier molecular flexibility index (Phi) is 5.58. The summed E-state index contributed by atoms with van der Waals surface area (Å²) >= 11 is 0. The standard InChI is InChI=1S/C12H25O4P/c1-10(13)17(14,15-8-11(2,3)4)16-9-12(5,6)7/h8-9H2,1-7H3. The molecule has 0 aliphatic rings. The highest BCUT2D eigenvalue weighted by atomic mass is 31.2. The normalized spacial score (nSPS) is 13.8. The Hall–Kier alpha value is -0.180. The number of hydrogen-bond donors (Lipinski definition) is 0. The molecule has 0 spiro atoms. The van der Waals surface area contributed by atoms with E-state index in [0.717, 1.165) is 0 Å². The van der Waals surface area contributed by atoms with Crippen molar-refractivity contribution < 1.29 is 18.4 Å². The van der Waals surface area contributed by atoms with Crippen LogP contribution in [0.4, 0.5) is 0 Å². The summed E-state index contributed by atoms with van der Waals surface area (Å²) in [5, 5.41) is 0. The van der Waals surface area contributed by atoms with Crippen LogP contribution in [-0.2, 0) is 18.4 Å². The molecule has 0 aromatic rings. The van der Waals surface area contributed by atoms with Crippen molar-refractivity contribution >= 4 is 13.1 Å². The summed E-state index contributed by atoms with van der Waals surface area (Å²) in [5.74, 6) is 0. The fourth-order valence-electron chi connectivity index (χ4n) is 0.776. The highest BCUT2D eigenvalue weighted by Crippen LogP contribution is 2.50. The van der Waals surface area contributed by atoms with Gasteiger partial charge in [0.25, 0.3) is 0 Å². The van der Waals surface area contributed by atoms with E-state index in [1.807, 2.05) is 41.5 Å². The first-order chi connectivity index (χ1) is 7.36. The fourth-order valence-corrected chi connectivity index (χ4v) is 2.33. The van der Waals surface area contributed by atoms with Gasteiger partial charge in [0.05, 0.1) is 13.2 Å². The molecule has 4 nitrogen and oxygen atoms in total. The third-order valence-corrected chi connectivity index (χ3v) is 3.43. The maximum absolute atomic E-state index is 12.2. The average Bonchev–Trinajstić information content (AvgIpc) is 2.09. The van der Waals surface area contributed by atoms with Crippen LogP contribution < -0.4 is 0 Å². The van der Waals surface area contributed by atoms with E-state index in [1.54, 1.807) is 0 Å². The predicted molar refractivity (Wildman–Crippen MR) is 69.1 cm³/mol. The minimum absolute atomic E-state index is 0.157. The topological polar surface area (TPSA) is 52.6 Å². The lowest BCUT2D eigenvalue weighted by atomic mass is 9.99. The van der Waals surface area contributed by atoms with E-state index >= 15 is 0 Å². The molecule has 0 aliphatic carbocycles. The monoisotopic (exact) mass is 264 g/mol. The zero-order valence-electron chi connectivity index (χ0n) is 12.0. The van der Waals surface area contributed by atoms with Crippen molar-refractivity contribution in [2.45, 2.75) is 48.5 Å². The number of hydrogen-bond acceptors (Lipinski definition) is 4. The van der Waals surface area contributed by atoms with E-state index in [2.05, 4.69) is 0 Å². The molecular weight excluding hydrogens is 239 g/mol. The summed E-state index contributed by atoms with van der Waals surface area (Å²) in [7, 11) is -3.62. The summed E-state index contributed by atoms with van der Waals surface area (Å²) in [6.45, 7) is 13.4. The van der Waals surface area contributed by atoms with Gasteiger partial charge in [0.1, 0.15) is 0 Å². The lowest BCUT2D eigenvalue weighted by Gasteiger charge is -2.25. The zero-order chi connectivity index (χ0) is 13.9. The van der Waals surface area contributed by atoms with Crippen LogP contribution in [0.2, 0.25) is 0 Å². The second-order valence-electron chi connectivity index (χ2n) is 6.68. The van der Waals surface area contributed by atoms with Crippen LogP contribution in [0.3, 0.4) is 0 Å². The van der Waals surface area contributed by atoms with Crippen molar-refractivity contribution in [2.24, 2.45) is 10.8 Å². The first kappa shape index (κ1) is 16.8. The Morgan fingerprint density at radius 2 is 1.24 bits per heavy atom. The predicted octanol–water partition coefficient (Wildman–Crippen LogP) is 3.85. The van der Waals surface area contributed by atoms with Crippen LogP contribution in [0, 0.1) is 10.8 Å². The van der Waals surface area contributed by atoms with E-state index in [0.29, 0.717) is 0 Å². The van der Waals surface area contributed by atoms with Crippen LogP contribution in [0.15, 0.2) is 0 Å². The van der Waals surface area contributed by atoms with Crippen molar-refractivity contribution in [1.82, 2.24) is 0 Å². The van der Waals surface area contributed by atoms with E-state index in [9.17, 15) is 9.36 Å². The van der Waals surface area contributed by atoms with Gasteiger partial charge in [-0.3, -0.25) is 9.36 Å². The number of carbonyl (C=O) groups is 1. The van der Waals surface area contributed by atoms with Crippen molar-refractivity contribution in [3.05, 3.63) is 0 Å². The van der Waals surface area contributed by atoms with Crippen LogP contribution in [0.25, 0.3) is 0 Å². The molecule has 0 saturated carbocycles. The lowest BCUT2D eigenvalue weighted by Crippen LogP contribution is -2.19. The Balaban J connectivity index is 4.60. The summed E-state index contributed by atoms with van der Waals surface area (Å²) in [6, 6.07) is 0. The molecule has 0 fully saturated rings. The molecular formula is C12H25O4P. The highest BCUT2D eigenvalue weighted by molar-refractivity contribution is 7.71. The summed E-state index contributed by atoms with van der Waals surface area (Å²) < 4.78 is 22.7. The SMILES string of the molecule is CC(=O)P(=O)(OCC(C)(C)C)OCC(C)(C)C. The van der Waals surface area contributed by atoms with Crippen LogP contribution in [0.1, 0.15) is 48.5 Å². The summed E-state index contributed by atoms with van der Waals surface area (Å²) in [6.07, 6.45) is 0. The van der Waals surface area contributed by atoms with E-state index in [4.69, 9.17) is 9.05 Å². The number of carbonyl (C=O) groups excluding carboxylic acids is 1. The van der Waals surface area contributed by atoms with Crippen molar-refractivity contribution in [3.8, 4) is 0 Å². The van der Waals surface area contributed by atoms with Crippen LogP contribution in [-0.4, -0.2) is 18.7 Å². The molecule has 0 atom stereocenters. The van der Waals surface area contributed by atoms with Gasteiger partial charge in [0.15, 0.2) is 0 Å². The molecule has 102 valence electrons. The van der Waals surface area contributed by atoms with Crippen LogP contribution in [0.5, 0.6) is 0 Å². The number of rotatable bonds is 5. The quantitative estimate of drug-likeness (QED) is 0.708. The zero-order valence-corrected chi connectivity index (χ0v) is 12.9. The van der Waals surface area contributed by atoms with Gasteiger partial charge < -0.3 is 9.05 Å². The maximum Gasteiger partial charge on any atom is 0.396 e. The molecule has 0 rings (SSSR count). The molecule has 17 heavy (non-hydrogen) atoms. The van der Waals surface area contributed by atoms with E-state index < -0.39 is 13.1 Å². The van der Waals surface area contributed by atoms with E-state index in [-0.39, 0.29) is 24.0 Å². The summed E-state index contributed by atoms with van der Waals surface area (Å²) in [4.78, 5) is 11.4. The molecule has 0 saturated heterocycles. The molecule has 0 bridgehead atoms. The van der Waals surface area contributed by atoms with Gasteiger partial charge in [0, 0.05) is 6.92 Å². The van der Waals surface area contributed by atoms with Crippen molar-refractivity contribution in [2.75, 3.05) is 13.2 Å². The Labute approximate surface area is 105 Å². The molecule has 0 heterocycles. The molecule has 0 aliphatic heterocycles. The second kappa shape index (κ2) is 5.64. The first-order valence-corrected chi connectivity index (χ1v) is 7.30. The molecule has 0 unspecified atom stereocenters. The maximum atomic E-state index is 12.2. The molecule has 0 aromatic heterocycles. The molecule has 0 N–H and O–H groups in total. The minimum atomic E-state index is -3.62. The van der Waals surface area contributed by atoms with Gasteiger partial charge in [-0.2, -0.15) is 0 Å². The van der Waals surface area contributed by atoms with Gasteiger partial charge in [-0.05, 0) is 10.8 Å². The van der Waals surface area contributed by atoms with Gasteiger partial charge in [-0.25, -0.2) is 0 Å². The van der Waals surface area contributed by atoms with Crippen LogP contribution >= 0.6 is 7.60 Å². The first-order valence-electron chi connectivity index (χ1n) is 5.76. The van der Waals surface area contributed by atoms with Gasteiger partial charge in [-0.15, -0.1) is 0 Å². The minimum Gasteiger partial charge on any atom is -0.303 e. The van der Waals surface area contributed by atoms with Crippen molar-refractivity contribution in [3.63, 3.8) is 0 Å². The van der Waals surface area contributed by atoms with Gasteiger partial charge >= 0.3 is 7.60 Å². The third-order valence-electron chi connectivity index (χ3n) is 1.72. The average molecular weight is 264 g/mol. The fraction of sp³-hybridized carbons (Fsp3) is 0.917. The Morgan fingerprint density at radius 3 is 1.41 bits per heavy atom. The van der Waals surface area contributed by atoms with Crippen molar-refractivity contribution in [1.29, 1.82) is 0 Å². The smallest absolute Gasteiger partial charge is 0.303 e. The summed E-state index contributed by atoms with van der Waals surface area (Å²) in [5.41, 5.74) is -0.849. The third kappa shape index (κ3) is 7.69. The molecule has 0 aromatic carbocycles.